The lowest BCUT2D eigenvalue weighted by atomic mass is 10.2. The molecule has 0 aromatic heterocycles. The van der Waals surface area contributed by atoms with Crippen LogP contribution in [-0.2, 0) is 0 Å². The summed E-state index contributed by atoms with van der Waals surface area (Å²) in [5.41, 5.74) is -1.20. The van der Waals surface area contributed by atoms with Gasteiger partial charge in [-0.3, -0.25) is 0 Å². The van der Waals surface area contributed by atoms with Gasteiger partial charge in [0.25, 0.3) is 0 Å². The van der Waals surface area contributed by atoms with E-state index in [9.17, 15) is 22.0 Å². The molecular weight excluding hydrogens is 219 g/mol. The van der Waals surface area contributed by atoms with Gasteiger partial charge in [0.05, 0.1) is 6.07 Å². The largest absolute Gasteiger partial charge is 0.367 e. The molecule has 1 N–H and O–H groups in total. The predicted octanol–water partition coefficient (Wildman–Crippen LogP) is 2.32. The van der Waals surface area contributed by atoms with Crippen LogP contribution in [0.25, 0.3) is 0 Å². The molecule has 0 fully saturated rings. The Kier molecular flexibility index (Phi) is 3.09. The van der Waals surface area contributed by atoms with E-state index in [-0.39, 0.29) is 0 Å². The molecule has 0 amide bonds. The van der Waals surface area contributed by atoms with Crippen LogP contribution in [0.4, 0.5) is 27.6 Å². The van der Waals surface area contributed by atoms with E-state index in [1.54, 1.807) is 5.32 Å². The fraction of sp³-hybridized carbons (Fsp3) is 0.125. The van der Waals surface area contributed by atoms with Crippen molar-refractivity contribution in [3.63, 3.8) is 0 Å². The van der Waals surface area contributed by atoms with Crippen molar-refractivity contribution in [1.82, 2.24) is 0 Å². The molecule has 1 aromatic carbocycles. The van der Waals surface area contributed by atoms with Gasteiger partial charge in [-0.1, -0.05) is 0 Å². The Morgan fingerprint density at radius 3 is 1.67 bits per heavy atom. The van der Waals surface area contributed by atoms with Crippen molar-refractivity contribution >= 4 is 5.69 Å². The van der Waals surface area contributed by atoms with Crippen LogP contribution in [0.3, 0.4) is 0 Å². The second kappa shape index (κ2) is 4.13. The highest BCUT2D eigenvalue weighted by Crippen LogP contribution is 2.26. The molecule has 7 heteroatoms. The van der Waals surface area contributed by atoms with Gasteiger partial charge in [-0.05, 0) is 0 Å². The van der Waals surface area contributed by atoms with Gasteiger partial charge in [0.15, 0.2) is 23.3 Å². The fourth-order valence-corrected chi connectivity index (χ4v) is 0.888. The van der Waals surface area contributed by atoms with Crippen LogP contribution in [0, 0.1) is 40.4 Å². The Balaban J connectivity index is 3.33. The molecular formula is C8H3F5N2. The van der Waals surface area contributed by atoms with Crippen LogP contribution in [-0.4, -0.2) is 6.54 Å². The molecule has 0 atom stereocenters. The lowest BCUT2D eigenvalue weighted by Crippen LogP contribution is -2.09. The van der Waals surface area contributed by atoms with Crippen LogP contribution in [0.5, 0.6) is 0 Å². The maximum absolute atomic E-state index is 12.8. The van der Waals surface area contributed by atoms with E-state index in [1.807, 2.05) is 0 Å². The number of benzene rings is 1. The number of rotatable bonds is 2. The van der Waals surface area contributed by atoms with Gasteiger partial charge in [-0.15, -0.1) is 0 Å². The van der Waals surface area contributed by atoms with Crippen LogP contribution >= 0.6 is 0 Å². The average molecular weight is 222 g/mol. The lowest BCUT2D eigenvalue weighted by Gasteiger charge is -2.07. The minimum atomic E-state index is -2.23. The zero-order valence-corrected chi connectivity index (χ0v) is 7.04. The molecule has 2 nitrogen and oxygen atoms in total. The summed E-state index contributed by atoms with van der Waals surface area (Å²) < 4.78 is 63.3. The SMILES string of the molecule is N#CCNc1c(F)c(F)c(F)c(F)c1F. The van der Waals surface area contributed by atoms with E-state index in [0.29, 0.717) is 0 Å². The summed E-state index contributed by atoms with van der Waals surface area (Å²) >= 11 is 0. The maximum Gasteiger partial charge on any atom is 0.200 e. The normalized spacial score (nSPS) is 9.87. The molecule has 0 radical (unpaired) electrons. The zero-order chi connectivity index (χ0) is 11.6. The van der Waals surface area contributed by atoms with E-state index in [4.69, 9.17) is 5.26 Å². The van der Waals surface area contributed by atoms with Crippen LogP contribution < -0.4 is 5.32 Å². The minimum Gasteiger partial charge on any atom is -0.367 e. The third kappa shape index (κ3) is 1.83. The van der Waals surface area contributed by atoms with Gasteiger partial charge < -0.3 is 5.32 Å². The Morgan fingerprint density at radius 1 is 0.867 bits per heavy atom. The van der Waals surface area contributed by atoms with E-state index >= 15 is 0 Å². The monoisotopic (exact) mass is 222 g/mol. The molecule has 0 aliphatic rings. The molecule has 0 aliphatic heterocycles. The fourth-order valence-electron chi connectivity index (χ4n) is 0.888. The second-order valence-electron chi connectivity index (χ2n) is 2.46. The van der Waals surface area contributed by atoms with Gasteiger partial charge in [0.2, 0.25) is 5.82 Å². The number of anilines is 1. The standard InChI is InChI=1S/C8H3F5N2/c9-3-4(10)6(12)8(15-2-1-14)7(13)5(3)11/h15H,2H2. The lowest BCUT2D eigenvalue weighted by molar-refractivity contribution is 0.381. The van der Waals surface area contributed by atoms with Gasteiger partial charge >= 0.3 is 0 Å². The Hall–Kier alpha value is -1.84. The Labute approximate surface area is 80.9 Å². The number of hydrogen-bond acceptors (Lipinski definition) is 2. The van der Waals surface area contributed by atoms with Crippen molar-refractivity contribution in [2.24, 2.45) is 0 Å². The molecule has 1 aromatic rings. The highest BCUT2D eigenvalue weighted by molar-refractivity contribution is 5.48. The van der Waals surface area contributed by atoms with Crippen molar-refractivity contribution in [1.29, 1.82) is 5.26 Å². The Morgan fingerprint density at radius 2 is 1.27 bits per heavy atom. The number of hydrogen-bond donors (Lipinski definition) is 1. The third-order valence-electron chi connectivity index (χ3n) is 1.55. The van der Waals surface area contributed by atoms with Crippen molar-refractivity contribution in [3.05, 3.63) is 29.1 Å². The first-order chi connectivity index (χ1) is 7.00. The number of nitrogens with one attached hydrogen (secondary N) is 1. The van der Waals surface area contributed by atoms with Crippen LogP contribution in [0.1, 0.15) is 0 Å². The summed E-state index contributed by atoms with van der Waals surface area (Å²) in [6.45, 7) is -0.571. The molecule has 0 spiro atoms. The van der Waals surface area contributed by atoms with E-state index in [1.165, 1.54) is 6.07 Å². The molecule has 0 saturated heterocycles. The smallest absolute Gasteiger partial charge is 0.200 e. The van der Waals surface area contributed by atoms with Gasteiger partial charge in [-0.2, -0.15) is 5.26 Å². The highest BCUT2D eigenvalue weighted by Gasteiger charge is 2.25. The Bertz CT molecular complexity index is 409. The number of halogens is 5. The first-order valence-corrected chi connectivity index (χ1v) is 3.63. The molecule has 0 bridgehead atoms. The summed E-state index contributed by atoms with van der Waals surface area (Å²) in [6.07, 6.45) is 0. The number of nitriles is 1. The average Bonchev–Trinajstić information content (AvgIpc) is 2.24. The van der Waals surface area contributed by atoms with Crippen LogP contribution in [0.15, 0.2) is 0 Å². The zero-order valence-electron chi connectivity index (χ0n) is 7.04. The van der Waals surface area contributed by atoms with Crippen molar-refractivity contribution in [2.45, 2.75) is 0 Å². The molecule has 1 rings (SSSR count). The summed E-state index contributed by atoms with van der Waals surface area (Å²) in [5.74, 6) is -10.3. The molecule has 80 valence electrons. The minimum absolute atomic E-state index is 0.571. The predicted molar refractivity (Wildman–Crippen MR) is 40.3 cm³/mol. The highest BCUT2D eigenvalue weighted by atomic mass is 19.2. The maximum atomic E-state index is 12.8. The van der Waals surface area contributed by atoms with Crippen molar-refractivity contribution in [3.8, 4) is 6.07 Å². The molecule has 0 heterocycles. The molecule has 0 saturated carbocycles. The van der Waals surface area contributed by atoms with E-state index in [2.05, 4.69) is 0 Å². The summed E-state index contributed by atoms with van der Waals surface area (Å²) in [4.78, 5) is 0. The third-order valence-corrected chi connectivity index (χ3v) is 1.55. The molecule has 15 heavy (non-hydrogen) atoms. The van der Waals surface area contributed by atoms with E-state index < -0.39 is 41.3 Å². The van der Waals surface area contributed by atoms with E-state index in [0.717, 1.165) is 0 Å². The van der Waals surface area contributed by atoms with Gasteiger partial charge in [0.1, 0.15) is 12.2 Å². The first-order valence-electron chi connectivity index (χ1n) is 3.63. The number of nitrogens with zero attached hydrogens (tertiary/aromatic N) is 1. The summed E-state index contributed by atoms with van der Waals surface area (Å²) in [5, 5.41) is 9.87. The van der Waals surface area contributed by atoms with Gasteiger partial charge in [0, 0.05) is 0 Å². The van der Waals surface area contributed by atoms with Crippen LogP contribution in [0.2, 0.25) is 0 Å². The van der Waals surface area contributed by atoms with Crippen molar-refractivity contribution in [2.75, 3.05) is 11.9 Å². The first kappa shape index (κ1) is 11.2. The topological polar surface area (TPSA) is 35.8 Å². The second-order valence-corrected chi connectivity index (χ2v) is 2.46. The quantitative estimate of drug-likeness (QED) is 0.360. The summed E-state index contributed by atoms with van der Waals surface area (Å²) in [7, 11) is 0. The molecule has 0 unspecified atom stereocenters. The van der Waals surface area contributed by atoms with Gasteiger partial charge in [-0.25, -0.2) is 22.0 Å². The molecule has 0 aliphatic carbocycles. The van der Waals surface area contributed by atoms with Crippen molar-refractivity contribution < 1.29 is 22.0 Å². The summed E-state index contributed by atoms with van der Waals surface area (Å²) in [6, 6.07) is 1.44.